The number of methoxy groups -OCH3 is 5. The van der Waals surface area contributed by atoms with Crippen molar-refractivity contribution >= 4 is 0 Å². The molecule has 0 unspecified atom stereocenters. The van der Waals surface area contributed by atoms with Crippen LogP contribution in [-0.2, 0) is 13.1 Å². The second-order valence-electron chi connectivity index (χ2n) is 7.26. The lowest BCUT2D eigenvalue weighted by Gasteiger charge is -2.35. The van der Waals surface area contributed by atoms with Crippen molar-refractivity contribution < 1.29 is 23.7 Å². The van der Waals surface area contributed by atoms with Crippen LogP contribution >= 0.6 is 0 Å². The molecule has 7 heteroatoms. The molecule has 2 aromatic rings. The molecule has 1 aliphatic rings. The van der Waals surface area contributed by atoms with Crippen LogP contribution in [0.5, 0.6) is 28.7 Å². The van der Waals surface area contributed by atoms with Gasteiger partial charge in [0, 0.05) is 50.9 Å². The molecule has 164 valence electrons. The van der Waals surface area contributed by atoms with E-state index < -0.39 is 0 Å². The highest BCUT2D eigenvalue weighted by atomic mass is 16.5. The molecule has 3 rings (SSSR count). The maximum Gasteiger partial charge on any atom is 0.164 e. The Morgan fingerprint density at radius 1 is 0.567 bits per heavy atom. The quantitative estimate of drug-likeness (QED) is 0.623. The lowest BCUT2D eigenvalue weighted by molar-refractivity contribution is 0.121. The van der Waals surface area contributed by atoms with E-state index in [-0.39, 0.29) is 0 Å². The van der Waals surface area contributed by atoms with Crippen LogP contribution in [0.2, 0.25) is 0 Å². The number of rotatable bonds is 9. The van der Waals surface area contributed by atoms with Crippen LogP contribution in [0.3, 0.4) is 0 Å². The van der Waals surface area contributed by atoms with Crippen LogP contribution in [0, 0.1) is 0 Å². The Balaban J connectivity index is 1.60. The summed E-state index contributed by atoms with van der Waals surface area (Å²) < 4.78 is 27.2. The average Bonchev–Trinajstić information content (AvgIpc) is 2.79. The van der Waals surface area contributed by atoms with E-state index in [1.54, 1.807) is 35.5 Å². The Hall–Kier alpha value is -2.64. The second-order valence-corrected chi connectivity index (χ2v) is 7.26. The average molecular weight is 417 g/mol. The van der Waals surface area contributed by atoms with Gasteiger partial charge < -0.3 is 23.7 Å². The maximum atomic E-state index is 5.57. The zero-order chi connectivity index (χ0) is 21.5. The topological polar surface area (TPSA) is 52.6 Å². The van der Waals surface area contributed by atoms with Crippen molar-refractivity contribution in [2.24, 2.45) is 0 Å². The van der Waals surface area contributed by atoms with Crippen molar-refractivity contribution in [2.75, 3.05) is 61.7 Å². The highest BCUT2D eigenvalue weighted by Gasteiger charge is 2.20. The minimum Gasteiger partial charge on any atom is -0.496 e. The molecule has 0 aliphatic carbocycles. The van der Waals surface area contributed by atoms with Crippen molar-refractivity contribution in [1.29, 1.82) is 0 Å². The van der Waals surface area contributed by atoms with Gasteiger partial charge in [0.05, 0.1) is 35.5 Å². The first-order chi connectivity index (χ1) is 14.6. The molecule has 0 N–H and O–H groups in total. The van der Waals surface area contributed by atoms with Gasteiger partial charge in [-0.15, -0.1) is 0 Å². The molecule has 1 saturated heterocycles. The number of hydrogen-bond donors (Lipinski definition) is 0. The number of hydrogen-bond acceptors (Lipinski definition) is 7. The second kappa shape index (κ2) is 10.4. The van der Waals surface area contributed by atoms with E-state index in [2.05, 4.69) is 21.9 Å². The van der Waals surface area contributed by atoms with E-state index in [1.165, 1.54) is 5.56 Å². The van der Waals surface area contributed by atoms with E-state index in [1.807, 2.05) is 18.2 Å². The van der Waals surface area contributed by atoms with E-state index >= 15 is 0 Å². The fraction of sp³-hybridized carbons (Fsp3) is 0.478. The molecule has 0 bridgehead atoms. The predicted molar refractivity (Wildman–Crippen MR) is 116 cm³/mol. The standard InChI is InChI=1S/C23H32N2O5/c1-26-19-7-6-17(12-21(19)28-3)15-24-8-10-25(11-9-24)16-18-13-22(29-4)23(30-5)14-20(18)27-2/h6-7,12-14H,8-11,15-16H2,1-5H3. The highest BCUT2D eigenvalue weighted by Crippen LogP contribution is 2.35. The molecular weight excluding hydrogens is 384 g/mol. The Morgan fingerprint density at radius 2 is 1.07 bits per heavy atom. The third-order valence-corrected chi connectivity index (χ3v) is 5.50. The minimum absolute atomic E-state index is 0.679. The number of piperazine rings is 1. The van der Waals surface area contributed by atoms with Crippen LogP contribution in [0.4, 0.5) is 0 Å². The third-order valence-electron chi connectivity index (χ3n) is 5.50. The van der Waals surface area contributed by atoms with E-state index in [0.717, 1.165) is 67.8 Å². The highest BCUT2D eigenvalue weighted by molar-refractivity contribution is 5.50. The third kappa shape index (κ3) is 5.09. The zero-order valence-corrected chi connectivity index (χ0v) is 18.6. The van der Waals surface area contributed by atoms with Crippen molar-refractivity contribution in [2.45, 2.75) is 13.1 Å². The van der Waals surface area contributed by atoms with Gasteiger partial charge in [-0.2, -0.15) is 0 Å². The van der Waals surface area contributed by atoms with Gasteiger partial charge in [-0.3, -0.25) is 9.80 Å². The Kier molecular flexibility index (Phi) is 7.65. The van der Waals surface area contributed by atoms with Crippen molar-refractivity contribution in [3.05, 3.63) is 41.5 Å². The summed E-state index contributed by atoms with van der Waals surface area (Å²) in [5, 5.41) is 0. The lowest BCUT2D eigenvalue weighted by Crippen LogP contribution is -2.45. The summed E-state index contributed by atoms with van der Waals surface area (Å²) >= 11 is 0. The smallest absolute Gasteiger partial charge is 0.164 e. The summed E-state index contributed by atoms with van der Waals surface area (Å²) in [5.41, 5.74) is 2.33. The first kappa shape index (κ1) is 22.1. The molecule has 0 saturated carbocycles. The monoisotopic (exact) mass is 416 g/mol. The van der Waals surface area contributed by atoms with E-state index in [4.69, 9.17) is 23.7 Å². The SMILES string of the molecule is COc1cc(OC)c(OC)cc1CN1CCN(Cc2ccc(OC)c(OC)c2)CC1. The Labute approximate surface area is 179 Å². The summed E-state index contributed by atoms with van der Waals surface area (Å²) in [6.07, 6.45) is 0. The number of ether oxygens (including phenoxy) is 5. The first-order valence-electron chi connectivity index (χ1n) is 10.1. The van der Waals surface area contributed by atoms with Gasteiger partial charge in [0.15, 0.2) is 23.0 Å². The fourth-order valence-electron chi connectivity index (χ4n) is 3.80. The molecule has 30 heavy (non-hydrogen) atoms. The normalized spacial score (nSPS) is 15.0. The number of nitrogens with zero attached hydrogens (tertiary/aromatic N) is 2. The summed E-state index contributed by atoms with van der Waals surface area (Å²) in [5.74, 6) is 3.75. The molecule has 1 aliphatic heterocycles. The van der Waals surface area contributed by atoms with Crippen LogP contribution in [-0.4, -0.2) is 71.5 Å². The molecule has 2 aromatic carbocycles. The summed E-state index contributed by atoms with van der Waals surface area (Å²) in [7, 11) is 8.30. The van der Waals surface area contributed by atoms with E-state index in [9.17, 15) is 0 Å². The summed E-state index contributed by atoms with van der Waals surface area (Å²) in [4.78, 5) is 4.90. The van der Waals surface area contributed by atoms with Gasteiger partial charge in [0.25, 0.3) is 0 Å². The molecule has 0 radical (unpaired) electrons. The van der Waals surface area contributed by atoms with Gasteiger partial charge in [0.1, 0.15) is 5.75 Å². The van der Waals surface area contributed by atoms with Crippen molar-refractivity contribution in [3.63, 3.8) is 0 Å². The largest absolute Gasteiger partial charge is 0.496 e. The first-order valence-corrected chi connectivity index (χ1v) is 10.1. The maximum absolute atomic E-state index is 5.57. The summed E-state index contributed by atoms with van der Waals surface area (Å²) in [6.45, 7) is 5.70. The van der Waals surface area contributed by atoms with Gasteiger partial charge in [0.2, 0.25) is 0 Å². The summed E-state index contributed by atoms with van der Waals surface area (Å²) in [6, 6.07) is 10.0. The van der Waals surface area contributed by atoms with Crippen molar-refractivity contribution in [1.82, 2.24) is 9.80 Å². The number of benzene rings is 2. The molecule has 0 aromatic heterocycles. The van der Waals surface area contributed by atoms with Gasteiger partial charge in [-0.1, -0.05) is 6.07 Å². The predicted octanol–water partition coefficient (Wildman–Crippen LogP) is 3.05. The Bertz CT molecular complexity index is 835. The Morgan fingerprint density at radius 3 is 1.63 bits per heavy atom. The van der Waals surface area contributed by atoms with E-state index in [0.29, 0.717) is 5.75 Å². The van der Waals surface area contributed by atoms with Crippen LogP contribution < -0.4 is 23.7 Å². The van der Waals surface area contributed by atoms with Crippen LogP contribution in [0.15, 0.2) is 30.3 Å². The van der Waals surface area contributed by atoms with Crippen LogP contribution in [0.1, 0.15) is 11.1 Å². The van der Waals surface area contributed by atoms with Gasteiger partial charge in [-0.05, 0) is 23.8 Å². The molecule has 1 heterocycles. The zero-order valence-electron chi connectivity index (χ0n) is 18.6. The van der Waals surface area contributed by atoms with Crippen LogP contribution in [0.25, 0.3) is 0 Å². The molecule has 7 nitrogen and oxygen atoms in total. The molecule has 1 fully saturated rings. The fourth-order valence-corrected chi connectivity index (χ4v) is 3.80. The lowest BCUT2D eigenvalue weighted by atomic mass is 10.1. The molecular formula is C23H32N2O5. The van der Waals surface area contributed by atoms with Gasteiger partial charge >= 0.3 is 0 Å². The molecule has 0 amide bonds. The van der Waals surface area contributed by atoms with Crippen molar-refractivity contribution in [3.8, 4) is 28.7 Å². The van der Waals surface area contributed by atoms with Gasteiger partial charge in [-0.25, -0.2) is 0 Å². The molecule has 0 atom stereocenters. The molecule has 0 spiro atoms. The minimum atomic E-state index is 0.679.